The van der Waals surface area contributed by atoms with E-state index in [0.29, 0.717) is 5.56 Å². The molecule has 0 unspecified atom stereocenters. The Hall–Kier alpha value is -3.12. The molecular formula is C27H31F2N3O3. The van der Waals surface area contributed by atoms with Crippen molar-refractivity contribution in [3.63, 3.8) is 0 Å². The van der Waals surface area contributed by atoms with Crippen molar-refractivity contribution < 1.29 is 23.5 Å². The number of amides is 1. The van der Waals surface area contributed by atoms with E-state index < -0.39 is 29.8 Å². The molecule has 1 amide bonds. The minimum atomic E-state index is -3.20. The minimum Gasteiger partial charge on any atom is -0.382 e. The smallest absolute Gasteiger partial charge is 0.269 e. The maximum absolute atomic E-state index is 13.1. The maximum Gasteiger partial charge on any atom is 0.269 e. The van der Waals surface area contributed by atoms with Crippen molar-refractivity contribution in [2.24, 2.45) is 0 Å². The molecular weight excluding hydrogens is 452 g/mol. The van der Waals surface area contributed by atoms with Gasteiger partial charge in [0.2, 0.25) is 0 Å². The van der Waals surface area contributed by atoms with Crippen LogP contribution in [0.15, 0.2) is 48.5 Å². The van der Waals surface area contributed by atoms with E-state index in [9.17, 15) is 23.5 Å². The molecule has 1 fully saturated rings. The fraction of sp³-hybridized carbons (Fsp3) is 0.407. The van der Waals surface area contributed by atoms with E-state index in [-0.39, 0.29) is 5.56 Å². The van der Waals surface area contributed by atoms with E-state index in [0.717, 1.165) is 52.1 Å². The van der Waals surface area contributed by atoms with Gasteiger partial charge in [0, 0.05) is 49.4 Å². The van der Waals surface area contributed by atoms with Gasteiger partial charge in [0.25, 0.3) is 12.3 Å². The number of nitrogens with zero attached hydrogens (tertiary/aromatic N) is 2. The molecule has 1 aliphatic heterocycles. The van der Waals surface area contributed by atoms with Crippen LogP contribution in [0.2, 0.25) is 0 Å². The Balaban J connectivity index is 1.60. The van der Waals surface area contributed by atoms with Gasteiger partial charge in [-0.15, -0.1) is 0 Å². The Kier molecular flexibility index (Phi) is 8.73. The Labute approximate surface area is 204 Å². The van der Waals surface area contributed by atoms with Gasteiger partial charge in [-0.3, -0.25) is 14.5 Å². The van der Waals surface area contributed by atoms with Crippen LogP contribution in [-0.4, -0.2) is 77.9 Å². The summed E-state index contributed by atoms with van der Waals surface area (Å²) in [5.41, 5.74) is 0.274. The molecule has 0 aliphatic carbocycles. The molecule has 35 heavy (non-hydrogen) atoms. The summed E-state index contributed by atoms with van der Waals surface area (Å²) in [6.45, 7) is 7.07. The van der Waals surface area contributed by atoms with Crippen LogP contribution in [0.3, 0.4) is 0 Å². The van der Waals surface area contributed by atoms with E-state index in [2.05, 4.69) is 46.1 Å². The number of carbonyl (C=O) groups excluding carboxylic acids is 2. The summed E-state index contributed by atoms with van der Waals surface area (Å²) >= 11 is 0. The number of carbonyl (C=O) groups is 2. The first-order valence-electron chi connectivity index (χ1n) is 11.5. The molecule has 186 valence electrons. The average molecular weight is 484 g/mol. The molecule has 1 aliphatic rings. The number of nitrogens with one attached hydrogen (secondary N) is 1. The van der Waals surface area contributed by atoms with Crippen molar-refractivity contribution in [1.82, 2.24) is 15.1 Å². The number of halogens is 2. The Bertz CT molecular complexity index is 1080. The molecule has 1 heterocycles. The van der Waals surface area contributed by atoms with Gasteiger partial charge >= 0.3 is 0 Å². The van der Waals surface area contributed by atoms with Crippen molar-refractivity contribution >= 4 is 11.7 Å². The number of hydrogen-bond donors (Lipinski definition) is 2. The molecule has 0 aromatic heterocycles. The number of ketones is 1. The predicted molar refractivity (Wildman–Crippen MR) is 130 cm³/mol. The topological polar surface area (TPSA) is 72.9 Å². The van der Waals surface area contributed by atoms with Crippen molar-refractivity contribution in [3.8, 4) is 11.8 Å². The van der Waals surface area contributed by atoms with Gasteiger partial charge in [0.1, 0.15) is 11.6 Å². The summed E-state index contributed by atoms with van der Waals surface area (Å²) in [6, 6.07) is 12.7. The second-order valence-electron chi connectivity index (χ2n) is 9.15. The Morgan fingerprint density at radius 2 is 1.51 bits per heavy atom. The fourth-order valence-electron chi connectivity index (χ4n) is 3.81. The number of piperazine rings is 1. The van der Waals surface area contributed by atoms with Crippen molar-refractivity contribution in [2.45, 2.75) is 38.5 Å². The number of benzene rings is 2. The van der Waals surface area contributed by atoms with E-state index in [1.807, 2.05) is 12.1 Å². The molecule has 2 aromatic rings. The highest BCUT2D eigenvalue weighted by atomic mass is 19.3. The molecule has 2 aromatic carbocycles. The summed E-state index contributed by atoms with van der Waals surface area (Å²) in [5.74, 6) is 4.64. The zero-order chi connectivity index (χ0) is 25.6. The van der Waals surface area contributed by atoms with Crippen LogP contribution in [0.4, 0.5) is 8.78 Å². The highest BCUT2D eigenvalue weighted by Gasteiger charge is 2.44. The van der Waals surface area contributed by atoms with Crippen LogP contribution in [0.25, 0.3) is 0 Å². The number of rotatable bonds is 7. The molecule has 3 rings (SSSR count). The lowest BCUT2D eigenvalue weighted by molar-refractivity contribution is -0.138. The van der Waals surface area contributed by atoms with Crippen LogP contribution in [0.1, 0.15) is 40.9 Å². The molecule has 8 heteroatoms. The van der Waals surface area contributed by atoms with Gasteiger partial charge in [-0.25, -0.2) is 8.78 Å². The molecule has 2 N–H and O–H groups in total. The van der Waals surface area contributed by atoms with Crippen molar-refractivity contribution in [1.29, 1.82) is 0 Å². The van der Waals surface area contributed by atoms with E-state index in [1.54, 1.807) is 12.1 Å². The van der Waals surface area contributed by atoms with Crippen molar-refractivity contribution in [2.75, 3.05) is 33.2 Å². The summed E-state index contributed by atoms with van der Waals surface area (Å²) in [5, 5.41) is 12.1. The fourth-order valence-corrected chi connectivity index (χ4v) is 3.81. The summed E-state index contributed by atoms with van der Waals surface area (Å²) < 4.78 is 26.2. The Morgan fingerprint density at radius 3 is 2.00 bits per heavy atom. The van der Waals surface area contributed by atoms with E-state index >= 15 is 0 Å². The highest BCUT2D eigenvalue weighted by molar-refractivity contribution is 5.98. The third kappa shape index (κ3) is 7.18. The number of alkyl halides is 2. The quantitative estimate of drug-likeness (QED) is 0.593. The Morgan fingerprint density at radius 1 is 1.00 bits per heavy atom. The molecule has 0 saturated carbocycles. The average Bonchev–Trinajstić information content (AvgIpc) is 2.83. The zero-order valence-electron chi connectivity index (χ0n) is 20.2. The van der Waals surface area contributed by atoms with Crippen molar-refractivity contribution in [3.05, 3.63) is 70.8 Å². The van der Waals surface area contributed by atoms with E-state index in [1.165, 1.54) is 17.7 Å². The molecule has 0 spiro atoms. The zero-order valence-corrected chi connectivity index (χ0v) is 20.2. The second-order valence-corrected chi connectivity index (χ2v) is 9.15. The van der Waals surface area contributed by atoms with Gasteiger partial charge in [-0.05, 0) is 62.9 Å². The van der Waals surface area contributed by atoms with Gasteiger partial charge in [-0.2, -0.15) is 0 Å². The molecule has 6 nitrogen and oxygen atoms in total. The van der Waals surface area contributed by atoms with Gasteiger partial charge in [-0.1, -0.05) is 24.0 Å². The lowest BCUT2D eigenvalue weighted by Crippen LogP contribution is -2.58. The number of Topliss-reactive ketones (excluding diaryl/α,β-unsaturated/α-hetero) is 1. The summed E-state index contributed by atoms with van der Waals surface area (Å²) in [4.78, 5) is 29.0. The predicted octanol–water partition coefficient (Wildman–Crippen LogP) is 2.54. The number of hydrogen-bond acceptors (Lipinski definition) is 5. The molecule has 1 saturated heterocycles. The SMILES string of the molecule is CC(=O)[C@@H](NC(=O)c1ccc(C#Cc2ccc(CN3CCN(C)CC3)cc2)cc1)[C@](C)(O)C(F)F. The van der Waals surface area contributed by atoms with Crippen LogP contribution in [-0.2, 0) is 11.3 Å². The molecule has 0 bridgehead atoms. The number of likely N-dealkylation sites (N-methyl/N-ethyl adjacent to an activating group) is 1. The first-order chi connectivity index (χ1) is 16.6. The largest absolute Gasteiger partial charge is 0.382 e. The summed E-state index contributed by atoms with van der Waals surface area (Å²) in [6.07, 6.45) is -3.20. The van der Waals surface area contributed by atoms with Crippen LogP contribution in [0.5, 0.6) is 0 Å². The highest BCUT2D eigenvalue weighted by Crippen LogP contribution is 2.21. The monoisotopic (exact) mass is 483 g/mol. The maximum atomic E-state index is 13.1. The molecule has 2 atom stereocenters. The lowest BCUT2D eigenvalue weighted by Gasteiger charge is -2.32. The number of aliphatic hydroxyl groups is 1. The molecule has 0 radical (unpaired) electrons. The third-order valence-electron chi connectivity index (χ3n) is 6.16. The van der Waals surface area contributed by atoms with Gasteiger partial charge in [0.15, 0.2) is 5.78 Å². The summed E-state index contributed by atoms with van der Waals surface area (Å²) in [7, 11) is 2.14. The van der Waals surface area contributed by atoms with Crippen LogP contribution >= 0.6 is 0 Å². The van der Waals surface area contributed by atoms with Gasteiger partial charge < -0.3 is 15.3 Å². The standard InChI is InChI=1S/C27H31F2N3O3/c1-19(33)24(27(2,35)26(28)29)30-25(34)23-12-10-21(11-13-23)5-4-20-6-8-22(9-7-20)18-32-16-14-31(3)15-17-32/h6-13,24,26,35H,14-18H2,1-3H3,(H,30,34)/t24-,27+/m1/s1. The first-order valence-corrected chi connectivity index (χ1v) is 11.5. The first kappa shape index (κ1) is 26.5. The lowest BCUT2D eigenvalue weighted by atomic mass is 9.93. The normalized spacial score (nSPS) is 17.2. The van der Waals surface area contributed by atoms with Gasteiger partial charge in [0.05, 0.1) is 0 Å². The second kappa shape index (κ2) is 11.5. The van der Waals surface area contributed by atoms with Crippen LogP contribution in [0, 0.1) is 11.8 Å². The third-order valence-corrected chi connectivity index (χ3v) is 6.16. The minimum absolute atomic E-state index is 0.167. The van der Waals surface area contributed by atoms with E-state index in [4.69, 9.17) is 0 Å². The van der Waals surface area contributed by atoms with Crippen LogP contribution < -0.4 is 5.32 Å².